The Morgan fingerprint density at radius 3 is 2.32 bits per heavy atom. The largest absolute Gasteiger partial charge is 0.369 e. The van der Waals surface area contributed by atoms with Gasteiger partial charge in [0.25, 0.3) is 0 Å². The van der Waals surface area contributed by atoms with E-state index in [2.05, 4.69) is 72.2 Å². The summed E-state index contributed by atoms with van der Waals surface area (Å²) in [7, 11) is 0. The van der Waals surface area contributed by atoms with Crippen LogP contribution < -0.4 is 4.90 Å². The minimum atomic E-state index is 1.07. The summed E-state index contributed by atoms with van der Waals surface area (Å²) in [6.07, 6.45) is 2.35. The van der Waals surface area contributed by atoms with Gasteiger partial charge in [-0.2, -0.15) is 0 Å². The molecule has 134 valence electrons. The first-order valence-electron chi connectivity index (χ1n) is 9.57. The molecule has 0 aliphatic carbocycles. The normalized spacial score (nSPS) is 15.5. The summed E-state index contributed by atoms with van der Waals surface area (Å²) in [4.78, 5) is 6.65. The van der Waals surface area contributed by atoms with Crippen LogP contribution in [0.25, 0.3) is 0 Å². The summed E-state index contributed by atoms with van der Waals surface area (Å²) in [5.74, 6) is 1.21. The quantitative estimate of drug-likeness (QED) is 0.641. The van der Waals surface area contributed by atoms with E-state index in [1.165, 1.54) is 33.9 Å². The van der Waals surface area contributed by atoms with Gasteiger partial charge in [0.05, 0.1) is 0 Å². The van der Waals surface area contributed by atoms with E-state index in [9.17, 15) is 0 Å². The lowest BCUT2D eigenvalue weighted by molar-refractivity contribution is 0.249. The van der Waals surface area contributed by atoms with Crippen molar-refractivity contribution in [3.8, 4) is 0 Å². The van der Waals surface area contributed by atoms with Gasteiger partial charge < -0.3 is 4.90 Å². The predicted molar refractivity (Wildman–Crippen MR) is 111 cm³/mol. The van der Waals surface area contributed by atoms with Crippen LogP contribution in [0.5, 0.6) is 0 Å². The van der Waals surface area contributed by atoms with E-state index < -0.39 is 0 Å². The first-order chi connectivity index (χ1) is 12.3. The van der Waals surface area contributed by atoms with E-state index in [4.69, 9.17) is 0 Å². The maximum atomic E-state index is 2.59. The Morgan fingerprint density at radius 2 is 1.64 bits per heavy atom. The number of hydrogen-bond donors (Lipinski definition) is 0. The fourth-order valence-corrected chi connectivity index (χ4v) is 4.56. The summed E-state index contributed by atoms with van der Waals surface area (Å²) >= 11 is 2.02. The molecule has 2 nitrogen and oxygen atoms in total. The molecule has 2 aromatic carbocycles. The van der Waals surface area contributed by atoms with Gasteiger partial charge >= 0.3 is 0 Å². The van der Waals surface area contributed by atoms with Crippen LogP contribution in [0.1, 0.15) is 31.4 Å². The third kappa shape index (κ3) is 4.80. The molecule has 25 heavy (non-hydrogen) atoms. The second kappa shape index (κ2) is 9.30. The molecule has 0 N–H and O–H groups in total. The van der Waals surface area contributed by atoms with E-state index in [-0.39, 0.29) is 0 Å². The van der Waals surface area contributed by atoms with E-state index >= 15 is 0 Å². The Balaban J connectivity index is 1.64. The van der Waals surface area contributed by atoms with Crippen molar-refractivity contribution in [1.29, 1.82) is 0 Å². The van der Waals surface area contributed by atoms with Gasteiger partial charge in [-0.05, 0) is 41.9 Å². The Kier molecular flexibility index (Phi) is 6.83. The number of thioether (sulfide) groups is 1. The van der Waals surface area contributed by atoms with Crippen molar-refractivity contribution in [2.24, 2.45) is 0 Å². The van der Waals surface area contributed by atoms with E-state index in [0.717, 1.165) is 39.1 Å². The number of nitrogens with zero attached hydrogens (tertiary/aromatic N) is 2. The highest BCUT2D eigenvalue weighted by Gasteiger charge is 2.20. The Bertz CT molecular complexity index is 648. The molecule has 1 aliphatic rings. The van der Waals surface area contributed by atoms with Gasteiger partial charge in [-0.25, -0.2) is 0 Å². The van der Waals surface area contributed by atoms with E-state index in [0.29, 0.717) is 0 Å². The van der Waals surface area contributed by atoms with Crippen LogP contribution in [-0.4, -0.2) is 36.8 Å². The van der Waals surface area contributed by atoms with Gasteiger partial charge in [0.2, 0.25) is 0 Å². The molecule has 0 unspecified atom stereocenters. The third-order valence-electron chi connectivity index (χ3n) is 4.89. The van der Waals surface area contributed by atoms with E-state index in [1.54, 1.807) is 0 Å². The van der Waals surface area contributed by atoms with Crippen LogP contribution in [0.2, 0.25) is 0 Å². The van der Waals surface area contributed by atoms with Crippen molar-refractivity contribution in [1.82, 2.24) is 4.90 Å². The van der Waals surface area contributed by atoms with Gasteiger partial charge in [0.15, 0.2) is 0 Å². The fourth-order valence-electron chi connectivity index (χ4n) is 3.54. The molecule has 1 aliphatic heterocycles. The van der Waals surface area contributed by atoms with Crippen molar-refractivity contribution >= 4 is 17.4 Å². The van der Waals surface area contributed by atoms with Gasteiger partial charge in [0.1, 0.15) is 0 Å². The van der Waals surface area contributed by atoms with Gasteiger partial charge in [0, 0.05) is 43.3 Å². The molecule has 0 radical (unpaired) electrons. The minimum absolute atomic E-state index is 1.07. The molecule has 0 aromatic heterocycles. The van der Waals surface area contributed by atoms with Crippen molar-refractivity contribution in [3.63, 3.8) is 0 Å². The van der Waals surface area contributed by atoms with Gasteiger partial charge in [-0.3, -0.25) is 4.90 Å². The molecule has 2 aromatic rings. The monoisotopic (exact) mass is 354 g/mol. The van der Waals surface area contributed by atoms with Crippen LogP contribution in [0.4, 0.5) is 5.69 Å². The maximum Gasteiger partial charge on any atom is 0.0410 e. The zero-order chi connectivity index (χ0) is 17.5. The van der Waals surface area contributed by atoms with Crippen molar-refractivity contribution in [2.45, 2.75) is 38.1 Å². The predicted octanol–water partition coefficient (Wildman–Crippen LogP) is 5.07. The molecule has 0 amide bonds. The number of hydrogen-bond acceptors (Lipinski definition) is 3. The molecule has 0 spiro atoms. The Labute approximate surface area is 157 Å². The van der Waals surface area contributed by atoms with Gasteiger partial charge in [-0.15, -0.1) is 11.8 Å². The summed E-state index contributed by atoms with van der Waals surface area (Å²) in [5, 5.41) is 0. The highest BCUT2D eigenvalue weighted by molar-refractivity contribution is 7.99. The van der Waals surface area contributed by atoms with Crippen LogP contribution in [0.15, 0.2) is 53.4 Å². The van der Waals surface area contributed by atoms with Crippen molar-refractivity contribution in [2.75, 3.05) is 36.8 Å². The van der Waals surface area contributed by atoms with Crippen LogP contribution in [0, 0.1) is 0 Å². The lowest BCUT2D eigenvalue weighted by Gasteiger charge is -2.37. The summed E-state index contributed by atoms with van der Waals surface area (Å²) in [6.45, 7) is 10.2. The molecule has 0 bridgehead atoms. The highest BCUT2D eigenvalue weighted by atomic mass is 32.2. The topological polar surface area (TPSA) is 6.48 Å². The second-order valence-corrected chi connectivity index (χ2v) is 7.84. The lowest BCUT2D eigenvalue weighted by Crippen LogP contribution is -2.46. The van der Waals surface area contributed by atoms with Crippen LogP contribution in [0.3, 0.4) is 0 Å². The van der Waals surface area contributed by atoms with Crippen LogP contribution in [-0.2, 0) is 13.0 Å². The minimum Gasteiger partial charge on any atom is -0.369 e. The molecule has 0 saturated carbocycles. The first kappa shape index (κ1) is 18.3. The SMILES string of the molecule is CCCSc1cccc(N2CCN(Cc3ccccc3)CC2)c1CC. The lowest BCUT2D eigenvalue weighted by atomic mass is 10.1. The smallest absolute Gasteiger partial charge is 0.0410 e. The Morgan fingerprint density at radius 1 is 0.880 bits per heavy atom. The molecule has 1 fully saturated rings. The molecule has 3 heteroatoms. The number of benzene rings is 2. The zero-order valence-electron chi connectivity index (χ0n) is 15.6. The van der Waals surface area contributed by atoms with Crippen molar-refractivity contribution in [3.05, 3.63) is 59.7 Å². The molecular weight excluding hydrogens is 324 g/mol. The fraction of sp³-hybridized carbons (Fsp3) is 0.455. The summed E-state index contributed by atoms with van der Waals surface area (Å²) < 4.78 is 0. The molecule has 1 saturated heterocycles. The molecule has 1 heterocycles. The molecule has 0 atom stereocenters. The second-order valence-electron chi connectivity index (χ2n) is 6.70. The third-order valence-corrected chi connectivity index (χ3v) is 6.19. The molecule has 3 rings (SSSR count). The molecular formula is C22H30N2S. The van der Waals surface area contributed by atoms with Crippen LogP contribution >= 0.6 is 11.8 Å². The summed E-state index contributed by atoms with van der Waals surface area (Å²) in [5.41, 5.74) is 4.42. The zero-order valence-corrected chi connectivity index (χ0v) is 16.4. The summed E-state index contributed by atoms with van der Waals surface area (Å²) in [6, 6.07) is 17.7. The van der Waals surface area contributed by atoms with Crippen molar-refractivity contribution < 1.29 is 0 Å². The van der Waals surface area contributed by atoms with E-state index in [1.807, 2.05) is 11.8 Å². The number of rotatable bonds is 7. The number of anilines is 1. The highest BCUT2D eigenvalue weighted by Crippen LogP contribution is 2.32. The maximum absolute atomic E-state index is 2.59. The van der Waals surface area contributed by atoms with Gasteiger partial charge in [-0.1, -0.05) is 50.2 Å². The average Bonchev–Trinajstić information content (AvgIpc) is 2.67. The Hall–Kier alpha value is -1.45. The average molecular weight is 355 g/mol. The first-order valence-corrected chi connectivity index (χ1v) is 10.6. The standard InChI is InChI=1S/C22H30N2S/c1-3-17-25-22-12-8-11-21(20(22)4-2)24-15-13-23(14-16-24)18-19-9-6-5-7-10-19/h5-12H,3-4,13-18H2,1-2H3. The number of piperazine rings is 1.